The van der Waals surface area contributed by atoms with Crippen LogP contribution in [0.15, 0.2) is 0 Å². The van der Waals surface area contributed by atoms with Crippen LogP contribution < -0.4 is 0 Å². The maximum absolute atomic E-state index is 12.4. The first-order valence-corrected chi connectivity index (χ1v) is 8.23. The summed E-state index contributed by atoms with van der Waals surface area (Å²) in [7, 11) is 1.58. The second-order valence-corrected chi connectivity index (χ2v) is 7.29. The van der Waals surface area contributed by atoms with Crippen LogP contribution >= 0.6 is 0 Å². The molecule has 0 aromatic heterocycles. The highest BCUT2D eigenvalue weighted by Gasteiger charge is 2.45. The van der Waals surface area contributed by atoms with Gasteiger partial charge in [0.1, 0.15) is 5.60 Å². The first-order valence-electron chi connectivity index (χ1n) is 8.23. The molecule has 0 radical (unpaired) electrons. The third kappa shape index (κ3) is 6.47. The molecule has 1 saturated carbocycles. The highest BCUT2D eigenvalue weighted by Crippen LogP contribution is 2.43. The Morgan fingerprint density at radius 3 is 2.26 bits per heavy atom. The van der Waals surface area contributed by atoms with Crippen molar-refractivity contribution < 1.29 is 28.9 Å². The number of aliphatic carboxylic acids is 1. The van der Waals surface area contributed by atoms with Gasteiger partial charge < -0.3 is 19.3 Å². The molecule has 0 amide bonds. The average molecular weight is 330 g/mol. The minimum Gasteiger partial charge on any atom is -0.481 e. The Balaban J connectivity index is 2.76. The monoisotopic (exact) mass is 330 g/mol. The van der Waals surface area contributed by atoms with E-state index in [0.29, 0.717) is 26.1 Å². The van der Waals surface area contributed by atoms with Gasteiger partial charge >= 0.3 is 11.9 Å². The minimum atomic E-state index is -0.827. The predicted molar refractivity (Wildman–Crippen MR) is 85.2 cm³/mol. The average Bonchev–Trinajstić information content (AvgIpc) is 2.90. The molecule has 0 aromatic carbocycles. The molecule has 0 saturated heterocycles. The van der Waals surface area contributed by atoms with Gasteiger partial charge in [0.25, 0.3) is 0 Å². The fourth-order valence-electron chi connectivity index (χ4n) is 2.99. The van der Waals surface area contributed by atoms with Crippen LogP contribution in [-0.4, -0.2) is 49.6 Å². The van der Waals surface area contributed by atoms with Crippen LogP contribution in [0.5, 0.6) is 0 Å². The number of hydrogen-bond acceptors (Lipinski definition) is 5. The lowest BCUT2D eigenvalue weighted by atomic mass is 9.78. The number of carbonyl (C=O) groups is 2. The smallest absolute Gasteiger partial charge is 0.311 e. The zero-order valence-electron chi connectivity index (χ0n) is 14.7. The summed E-state index contributed by atoms with van der Waals surface area (Å²) in [6, 6.07) is 0. The quantitative estimate of drug-likeness (QED) is 0.517. The number of esters is 1. The third-order valence-electron chi connectivity index (χ3n) is 4.14. The van der Waals surface area contributed by atoms with Crippen molar-refractivity contribution in [3.63, 3.8) is 0 Å². The predicted octanol–water partition coefficient (Wildman–Crippen LogP) is 2.64. The van der Waals surface area contributed by atoms with Crippen LogP contribution in [0.1, 0.15) is 52.9 Å². The van der Waals surface area contributed by atoms with Crippen LogP contribution in [0.4, 0.5) is 0 Å². The molecule has 1 fully saturated rings. The number of carboxylic acid groups (broad SMARTS) is 1. The molecule has 23 heavy (non-hydrogen) atoms. The van der Waals surface area contributed by atoms with E-state index in [0.717, 1.165) is 12.8 Å². The lowest BCUT2D eigenvalue weighted by molar-refractivity contribution is -0.165. The normalized spacial score (nSPS) is 18.6. The van der Waals surface area contributed by atoms with Gasteiger partial charge in [0.2, 0.25) is 0 Å². The Morgan fingerprint density at radius 1 is 1.17 bits per heavy atom. The van der Waals surface area contributed by atoms with E-state index in [-0.39, 0.29) is 19.0 Å². The first kappa shape index (κ1) is 19.9. The highest BCUT2D eigenvalue weighted by atomic mass is 16.6. The highest BCUT2D eigenvalue weighted by molar-refractivity contribution is 5.78. The van der Waals surface area contributed by atoms with Crippen LogP contribution in [-0.2, 0) is 23.8 Å². The SMILES string of the molecule is COCCOCC(CC1(C(=O)O)CCCC1)C(=O)OC(C)(C)C. The molecule has 6 nitrogen and oxygen atoms in total. The van der Waals surface area contributed by atoms with E-state index >= 15 is 0 Å². The summed E-state index contributed by atoms with van der Waals surface area (Å²) >= 11 is 0. The van der Waals surface area contributed by atoms with Crippen molar-refractivity contribution in [3.05, 3.63) is 0 Å². The molecule has 1 atom stereocenters. The van der Waals surface area contributed by atoms with Gasteiger partial charge in [0.15, 0.2) is 0 Å². The van der Waals surface area contributed by atoms with Crippen molar-refractivity contribution >= 4 is 11.9 Å². The molecule has 0 aliphatic heterocycles. The zero-order valence-corrected chi connectivity index (χ0v) is 14.7. The number of rotatable bonds is 9. The number of carboxylic acids is 1. The van der Waals surface area contributed by atoms with Crippen molar-refractivity contribution in [3.8, 4) is 0 Å². The summed E-state index contributed by atoms with van der Waals surface area (Å²) in [5.74, 6) is -1.77. The molecule has 0 heterocycles. The first-order chi connectivity index (χ1) is 10.7. The van der Waals surface area contributed by atoms with Crippen LogP contribution in [0.3, 0.4) is 0 Å². The van der Waals surface area contributed by atoms with Crippen molar-refractivity contribution in [1.82, 2.24) is 0 Å². The summed E-state index contributed by atoms with van der Waals surface area (Å²) in [5.41, 5.74) is -1.43. The summed E-state index contributed by atoms with van der Waals surface area (Å²) in [6.45, 7) is 6.37. The molecule has 1 N–H and O–H groups in total. The molecule has 1 aliphatic carbocycles. The van der Waals surface area contributed by atoms with Gasteiger partial charge in [0, 0.05) is 7.11 Å². The Morgan fingerprint density at radius 2 is 1.78 bits per heavy atom. The molecule has 0 spiro atoms. The van der Waals surface area contributed by atoms with Gasteiger partial charge in [0.05, 0.1) is 31.2 Å². The van der Waals surface area contributed by atoms with Gasteiger partial charge in [-0.3, -0.25) is 9.59 Å². The molecule has 134 valence electrons. The van der Waals surface area contributed by atoms with Crippen molar-refractivity contribution in [1.29, 1.82) is 0 Å². The van der Waals surface area contributed by atoms with E-state index in [9.17, 15) is 14.7 Å². The molecule has 1 aliphatic rings. The van der Waals surface area contributed by atoms with Crippen molar-refractivity contribution in [2.24, 2.45) is 11.3 Å². The molecule has 1 unspecified atom stereocenters. The molecule has 1 rings (SSSR count). The van der Waals surface area contributed by atoms with Crippen LogP contribution in [0.2, 0.25) is 0 Å². The lowest BCUT2D eigenvalue weighted by Crippen LogP contribution is -2.37. The third-order valence-corrected chi connectivity index (χ3v) is 4.14. The molecular weight excluding hydrogens is 300 g/mol. The molecule has 0 aromatic rings. The maximum atomic E-state index is 12.4. The Hall–Kier alpha value is -1.14. The van der Waals surface area contributed by atoms with Gasteiger partial charge in [-0.25, -0.2) is 0 Å². The molecular formula is C17H30O6. The van der Waals surface area contributed by atoms with Crippen molar-refractivity contribution in [2.45, 2.75) is 58.5 Å². The fraction of sp³-hybridized carbons (Fsp3) is 0.882. The van der Waals surface area contributed by atoms with E-state index in [1.165, 1.54) is 0 Å². The van der Waals surface area contributed by atoms with E-state index in [4.69, 9.17) is 14.2 Å². The second kappa shape index (κ2) is 8.64. The minimum absolute atomic E-state index is 0.160. The second-order valence-electron chi connectivity index (χ2n) is 7.29. The Labute approximate surface area is 138 Å². The van der Waals surface area contributed by atoms with Gasteiger partial charge in [-0.05, 0) is 40.0 Å². The number of ether oxygens (including phenoxy) is 3. The van der Waals surface area contributed by atoms with E-state index in [1.54, 1.807) is 27.9 Å². The lowest BCUT2D eigenvalue weighted by Gasteiger charge is -2.30. The van der Waals surface area contributed by atoms with Crippen LogP contribution in [0, 0.1) is 11.3 Å². The van der Waals surface area contributed by atoms with E-state index in [1.807, 2.05) is 0 Å². The standard InChI is InChI=1S/C17H30O6/c1-16(2,3)23-14(18)13(12-22-10-9-21-4)11-17(15(19)20)7-5-6-8-17/h13H,5-12H2,1-4H3,(H,19,20). The van der Waals surface area contributed by atoms with Gasteiger partial charge in [-0.2, -0.15) is 0 Å². The topological polar surface area (TPSA) is 82.1 Å². The summed E-state index contributed by atoms with van der Waals surface area (Å²) in [4.78, 5) is 24.2. The number of hydrogen-bond donors (Lipinski definition) is 1. The van der Waals surface area contributed by atoms with Crippen LogP contribution in [0.25, 0.3) is 0 Å². The maximum Gasteiger partial charge on any atom is 0.311 e. The van der Waals surface area contributed by atoms with Crippen molar-refractivity contribution in [2.75, 3.05) is 26.9 Å². The Kier molecular flexibility index (Phi) is 7.48. The number of methoxy groups -OCH3 is 1. The summed E-state index contributed by atoms with van der Waals surface area (Å²) in [6.07, 6.45) is 3.26. The summed E-state index contributed by atoms with van der Waals surface area (Å²) < 4.78 is 15.9. The zero-order chi connectivity index (χ0) is 17.5. The van der Waals surface area contributed by atoms with E-state index < -0.39 is 22.9 Å². The largest absolute Gasteiger partial charge is 0.481 e. The van der Waals surface area contributed by atoms with Gasteiger partial charge in [-0.15, -0.1) is 0 Å². The number of carbonyl (C=O) groups excluding carboxylic acids is 1. The molecule has 0 bridgehead atoms. The summed E-state index contributed by atoms with van der Waals surface area (Å²) in [5, 5.41) is 9.62. The molecule has 6 heteroatoms. The Bertz CT molecular complexity index is 392. The van der Waals surface area contributed by atoms with E-state index in [2.05, 4.69) is 0 Å². The van der Waals surface area contributed by atoms with Gasteiger partial charge in [-0.1, -0.05) is 12.8 Å². The fourth-order valence-corrected chi connectivity index (χ4v) is 2.99.